The number of hydrogen-bond acceptors (Lipinski definition) is 6. The lowest BCUT2D eigenvalue weighted by molar-refractivity contribution is -0.116. The van der Waals surface area contributed by atoms with Gasteiger partial charge in [0.1, 0.15) is 5.52 Å². The molecule has 0 saturated carbocycles. The van der Waals surface area contributed by atoms with Crippen LogP contribution in [0.25, 0.3) is 11.0 Å². The van der Waals surface area contributed by atoms with E-state index in [0.29, 0.717) is 16.8 Å². The number of anilines is 1. The van der Waals surface area contributed by atoms with Gasteiger partial charge in [-0.05, 0) is 48.9 Å². The number of nitrogens with one attached hydrogen (secondary N) is 2. The Labute approximate surface area is 173 Å². The van der Waals surface area contributed by atoms with Gasteiger partial charge in [-0.25, -0.2) is 18.2 Å². The monoisotopic (exact) mass is 430 g/mol. The van der Waals surface area contributed by atoms with Gasteiger partial charge in [0.05, 0.1) is 10.4 Å². The fraction of sp³-hybridized carbons (Fsp3) is 0.263. The number of carbonyl (C=O) groups excluding carboxylic acids is 2. The molecule has 0 spiro atoms. The molecule has 0 aliphatic rings. The first-order valence-corrected chi connectivity index (χ1v) is 10.9. The number of hydrogen-bond donors (Lipinski definition) is 3. The van der Waals surface area contributed by atoms with Crippen molar-refractivity contribution in [1.29, 1.82) is 0 Å². The third kappa shape index (κ3) is 5.19. The molecule has 4 N–H and O–H groups in total. The zero-order chi connectivity index (χ0) is 21.7. The Hall–Kier alpha value is -3.31. The summed E-state index contributed by atoms with van der Waals surface area (Å²) in [5, 5.41) is 18.5. The number of amides is 2. The van der Waals surface area contributed by atoms with Crippen LogP contribution in [0, 0.1) is 0 Å². The number of rotatable bonds is 8. The molecule has 0 aliphatic carbocycles. The van der Waals surface area contributed by atoms with E-state index in [-0.39, 0.29) is 29.7 Å². The highest BCUT2D eigenvalue weighted by Gasteiger charge is 2.11. The second-order valence-corrected chi connectivity index (χ2v) is 8.20. The van der Waals surface area contributed by atoms with Crippen LogP contribution < -0.4 is 15.8 Å². The van der Waals surface area contributed by atoms with E-state index in [2.05, 4.69) is 20.9 Å². The normalized spacial score (nSPS) is 11.4. The number of nitrogens with two attached hydrogens (primary N) is 1. The summed E-state index contributed by atoms with van der Waals surface area (Å²) in [6.45, 7) is 2.94. The van der Waals surface area contributed by atoms with Crippen molar-refractivity contribution in [2.45, 2.75) is 31.2 Å². The minimum absolute atomic E-state index is 0.0422. The maximum absolute atomic E-state index is 12.3. The minimum Gasteiger partial charge on any atom is -0.352 e. The number of carbonyl (C=O) groups is 2. The second kappa shape index (κ2) is 9.01. The van der Waals surface area contributed by atoms with Crippen LogP contribution in [0.2, 0.25) is 0 Å². The van der Waals surface area contributed by atoms with E-state index in [4.69, 9.17) is 5.14 Å². The standard InChI is InChI=1S/C19H22N6O4S/c1-2-11-25-17-8-3-13(12-16(17)23-24-25)19(27)21-10-9-18(26)22-14-4-6-15(7-5-14)30(20,28)29/h3-8,12H,2,9-11H2,1H3,(H,21,27)(H,22,26)(H2,20,28,29). The molecule has 2 amide bonds. The second-order valence-electron chi connectivity index (χ2n) is 6.64. The van der Waals surface area contributed by atoms with Crippen LogP contribution in [0.4, 0.5) is 5.69 Å². The highest BCUT2D eigenvalue weighted by atomic mass is 32.2. The zero-order valence-corrected chi connectivity index (χ0v) is 17.1. The zero-order valence-electron chi connectivity index (χ0n) is 16.3. The molecular formula is C19H22N6O4S. The lowest BCUT2D eigenvalue weighted by Gasteiger charge is -2.08. The maximum Gasteiger partial charge on any atom is 0.251 e. The van der Waals surface area contributed by atoms with Gasteiger partial charge in [-0.1, -0.05) is 12.1 Å². The summed E-state index contributed by atoms with van der Waals surface area (Å²) >= 11 is 0. The lowest BCUT2D eigenvalue weighted by atomic mass is 10.2. The van der Waals surface area contributed by atoms with E-state index in [1.807, 2.05) is 6.92 Å². The van der Waals surface area contributed by atoms with E-state index in [0.717, 1.165) is 18.5 Å². The predicted octanol–water partition coefficient (Wildman–Crippen LogP) is 1.25. The van der Waals surface area contributed by atoms with Crippen LogP contribution in [0.1, 0.15) is 30.1 Å². The Morgan fingerprint density at radius 3 is 2.53 bits per heavy atom. The average Bonchev–Trinajstić information content (AvgIpc) is 3.10. The van der Waals surface area contributed by atoms with Gasteiger partial charge in [-0.3, -0.25) is 9.59 Å². The largest absolute Gasteiger partial charge is 0.352 e. The van der Waals surface area contributed by atoms with Gasteiger partial charge in [0.15, 0.2) is 0 Å². The van der Waals surface area contributed by atoms with E-state index >= 15 is 0 Å². The molecule has 0 saturated heterocycles. The van der Waals surface area contributed by atoms with Crippen molar-refractivity contribution < 1.29 is 18.0 Å². The molecule has 30 heavy (non-hydrogen) atoms. The molecule has 10 nitrogen and oxygen atoms in total. The van der Waals surface area contributed by atoms with Crippen molar-refractivity contribution in [3.05, 3.63) is 48.0 Å². The summed E-state index contributed by atoms with van der Waals surface area (Å²) in [5.74, 6) is -0.635. The first kappa shape index (κ1) is 21.4. The number of sulfonamides is 1. The Kier molecular flexibility index (Phi) is 6.43. The number of nitrogens with zero attached hydrogens (tertiary/aromatic N) is 3. The van der Waals surface area contributed by atoms with Crippen molar-refractivity contribution in [1.82, 2.24) is 20.3 Å². The number of primary sulfonamides is 1. The summed E-state index contributed by atoms with van der Waals surface area (Å²) in [4.78, 5) is 24.3. The summed E-state index contributed by atoms with van der Waals surface area (Å²) in [7, 11) is -3.78. The summed E-state index contributed by atoms with van der Waals surface area (Å²) in [6.07, 6.45) is 0.983. The fourth-order valence-electron chi connectivity index (χ4n) is 2.83. The van der Waals surface area contributed by atoms with Crippen molar-refractivity contribution in [3.63, 3.8) is 0 Å². The van der Waals surface area contributed by atoms with Crippen LogP contribution in [0.3, 0.4) is 0 Å². The molecule has 0 fully saturated rings. The Morgan fingerprint density at radius 2 is 1.87 bits per heavy atom. The van der Waals surface area contributed by atoms with Crippen molar-refractivity contribution in [2.24, 2.45) is 5.14 Å². The third-order valence-electron chi connectivity index (χ3n) is 4.32. The first-order valence-electron chi connectivity index (χ1n) is 9.32. The van der Waals surface area contributed by atoms with Crippen molar-refractivity contribution >= 4 is 38.6 Å². The van der Waals surface area contributed by atoms with Gasteiger partial charge in [-0.2, -0.15) is 0 Å². The van der Waals surface area contributed by atoms with Gasteiger partial charge in [0, 0.05) is 30.8 Å². The SMILES string of the molecule is CCCn1nnc2cc(C(=O)NCCC(=O)Nc3ccc(S(N)(=O)=O)cc3)ccc21. The Bertz CT molecular complexity index is 1170. The molecule has 3 rings (SSSR count). The van der Waals surface area contributed by atoms with Gasteiger partial charge < -0.3 is 10.6 Å². The minimum atomic E-state index is -3.78. The molecule has 0 atom stereocenters. The predicted molar refractivity (Wildman–Crippen MR) is 111 cm³/mol. The van der Waals surface area contributed by atoms with Gasteiger partial charge >= 0.3 is 0 Å². The summed E-state index contributed by atoms with van der Waals surface area (Å²) < 4.78 is 24.3. The average molecular weight is 430 g/mol. The van der Waals surface area contributed by atoms with Crippen LogP contribution in [-0.4, -0.2) is 41.8 Å². The number of aromatic nitrogens is 3. The molecule has 0 radical (unpaired) electrons. The van der Waals surface area contributed by atoms with Crippen molar-refractivity contribution in [2.75, 3.05) is 11.9 Å². The first-order chi connectivity index (χ1) is 14.3. The Morgan fingerprint density at radius 1 is 1.13 bits per heavy atom. The third-order valence-corrected chi connectivity index (χ3v) is 5.24. The maximum atomic E-state index is 12.3. The van der Waals surface area contributed by atoms with Crippen molar-refractivity contribution in [3.8, 4) is 0 Å². The van der Waals surface area contributed by atoms with Crippen LogP contribution in [-0.2, 0) is 21.4 Å². The lowest BCUT2D eigenvalue weighted by Crippen LogP contribution is -2.27. The molecular weight excluding hydrogens is 408 g/mol. The summed E-state index contributed by atoms with van der Waals surface area (Å²) in [5.41, 5.74) is 2.36. The van der Waals surface area contributed by atoms with E-state index in [1.165, 1.54) is 24.3 Å². The van der Waals surface area contributed by atoms with E-state index in [9.17, 15) is 18.0 Å². The molecule has 0 bridgehead atoms. The molecule has 0 aliphatic heterocycles. The molecule has 0 unspecified atom stereocenters. The molecule has 1 heterocycles. The Balaban J connectivity index is 1.51. The molecule has 1 aromatic heterocycles. The van der Waals surface area contributed by atoms with E-state index < -0.39 is 10.0 Å². The number of benzene rings is 2. The van der Waals surface area contributed by atoms with Crippen LogP contribution >= 0.6 is 0 Å². The smallest absolute Gasteiger partial charge is 0.251 e. The molecule has 158 valence electrons. The van der Waals surface area contributed by atoms with Gasteiger partial charge in [0.25, 0.3) is 5.91 Å². The number of fused-ring (bicyclic) bond motifs is 1. The molecule has 2 aromatic carbocycles. The molecule has 11 heteroatoms. The topological polar surface area (TPSA) is 149 Å². The van der Waals surface area contributed by atoms with Gasteiger partial charge in [0.2, 0.25) is 15.9 Å². The van der Waals surface area contributed by atoms with Crippen LogP contribution in [0.5, 0.6) is 0 Å². The van der Waals surface area contributed by atoms with Crippen LogP contribution in [0.15, 0.2) is 47.4 Å². The molecule has 3 aromatic rings. The highest BCUT2D eigenvalue weighted by molar-refractivity contribution is 7.89. The van der Waals surface area contributed by atoms with E-state index in [1.54, 1.807) is 22.9 Å². The highest BCUT2D eigenvalue weighted by Crippen LogP contribution is 2.14. The quantitative estimate of drug-likeness (QED) is 0.489. The van der Waals surface area contributed by atoms with Gasteiger partial charge in [-0.15, -0.1) is 5.10 Å². The summed E-state index contributed by atoms with van der Waals surface area (Å²) in [6, 6.07) is 10.7. The number of aryl methyl sites for hydroxylation is 1. The fourth-order valence-corrected chi connectivity index (χ4v) is 3.35.